The summed E-state index contributed by atoms with van der Waals surface area (Å²) in [6, 6.07) is -4.52. The maximum Gasteiger partial charge on any atom is 0.270 e. The first-order chi connectivity index (χ1) is 32.4. The topological polar surface area (TPSA) is 472 Å². The van der Waals surface area contributed by atoms with Gasteiger partial charge in [0.25, 0.3) is 5.91 Å². The zero-order valence-corrected chi connectivity index (χ0v) is 38.6. The van der Waals surface area contributed by atoms with Crippen LogP contribution in [0.4, 0.5) is 0 Å². The van der Waals surface area contributed by atoms with E-state index < -0.39 is 128 Å². The number of carbonyl (C=O) groups excluding carboxylic acids is 3. The van der Waals surface area contributed by atoms with Gasteiger partial charge in [0, 0.05) is 74.8 Å². The van der Waals surface area contributed by atoms with Crippen LogP contribution < -0.4 is 56.1 Å². The van der Waals surface area contributed by atoms with E-state index in [-0.39, 0.29) is 57.0 Å². The monoisotopic (exact) mass is 1010 g/mol. The van der Waals surface area contributed by atoms with Gasteiger partial charge in [-0.3, -0.25) is 14.4 Å². The molecule has 4 aliphatic rings. The van der Waals surface area contributed by atoms with Crippen LogP contribution in [0.5, 0.6) is 0 Å². The summed E-state index contributed by atoms with van der Waals surface area (Å²) >= 11 is 2.66. The van der Waals surface area contributed by atoms with E-state index >= 15 is 0 Å². The molecule has 4 fully saturated rings. The van der Waals surface area contributed by atoms with Crippen LogP contribution in [-0.4, -0.2) is 214 Å². The number of nitrogens with one attached hydrogen (secondary N) is 3. The number of thiazole rings is 2. The maximum atomic E-state index is 13.1. The second-order valence-electron chi connectivity index (χ2n) is 17.0. The molecule has 19 unspecified atom stereocenters. The predicted octanol–water partition coefficient (Wildman–Crippen LogP) is -7.97. The Morgan fingerprint density at radius 2 is 1.24 bits per heavy atom. The maximum absolute atomic E-state index is 13.1. The Morgan fingerprint density at radius 1 is 0.647 bits per heavy atom. The van der Waals surface area contributed by atoms with Crippen LogP contribution in [0.15, 0.2) is 10.8 Å². The molecule has 3 saturated heterocycles. The van der Waals surface area contributed by atoms with E-state index in [2.05, 4.69) is 25.9 Å². The molecule has 19 atom stereocenters. The lowest BCUT2D eigenvalue weighted by molar-refractivity contribution is -0.306. The molecule has 3 aliphatic heterocycles. The molecular weight excluding hydrogens is 941 g/mol. The van der Waals surface area contributed by atoms with Gasteiger partial charge in [-0.1, -0.05) is 0 Å². The van der Waals surface area contributed by atoms with Crippen LogP contribution in [0, 0.1) is 0 Å². The third-order valence-electron chi connectivity index (χ3n) is 12.1. The molecule has 2 aromatic heterocycles. The molecule has 0 radical (unpaired) electrons. The summed E-state index contributed by atoms with van der Waals surface area (Å²) in [5, 5.41) is 78.0. The summed E-state index contributed by atoms with van der Waals surface area (Å²) < 4.78 is 36.0. The number of aliphatic hydroxyl groups is 6. The molecule has 1 aliphatic carbocycles. The first-order valence-electron chi connectivity index (χ1n) is 22.3. The van der Waals surface area contributed by atoms with Crippen molar-refractivity contribution >= 4 is 40.4 Å². The Kier molecular flexibility index (Phi) is 19.8. The van der Waals surface area contributed by atoms with Gasteiger partial charge >= 0.3 is 0 Å². The molecule has 29 heteroatoms. The van der Waals surface area contributed by atoms with E-state index in [1.165, 1.54) is 22.7 Å². The Bertz CT molecular complexity index is 1940. The van der Waals surface area contributed by atoms with Crippen molar-refractivity contribution in [2.75, 3.05) is 39.3 Å². The second-order valence-corrected chi connectivity index (χ2v) is 18.8. The molecule has 5 heterocycles. The van der Waals surface area contributed by atoms with Crippen molar-refractivity contribution in [2.24, 2.45) is 40.1 Å². The van der Waals surface area contributed by atoms with Crippen LogP contribution >= 0.6 is 22.7 Å². The molecule has 0 spiro atoms. The molecule has 384 valence electrons. The highest BCUT2D eigenvalue weighted by Crippen LogP contribution is 2.34. The average Bonchev–Trinajstić information content (AvgIpc) is 4.08. The van der Waals surface area contributed by atoms with Gasteiger partial charge in [-0.2, -0.15) is 0 Å². The first-order valence-corrected chi connectivity index (χ1v) is 24.1. The van der Waals surface area contributed by atoms with Crippen molar-refractivity contribution in [3.63, 3.8) is 0 Å². The van der Waals surface area contributed by atoms with Crippen molar-refractivity contribution in [2.45, 2.75) is 148 Å². The minimum Gasteiger partial charge on any atom is -0.389 e. The lowest BCUT2D eigenvalue weighted by Gasteiger charge is -2.47. The number of amides is 3. The molecular formula is C39H66N12O15S2. The van der Waals surface area contributed by atoms with Crippen LogP contribution in [-0.2, 0) is 44.4 Å². The SMILES string of the molecule is NCCCNC(=O)c1csc(-c2csc(CCNC(=O)CCC(=O)NCC3OC(OC4C(O)C(N)CC(N)C4OC4OC(CN)C(O)C(O)C4N)C(O)C3OC3OC(CN)C(O)C(O)C3N)n2)n1. The fraction of sp³-hybridized carbons (Fsp3) is 0.769. The quantitative estimate of drug-likeness (QED) is 0.0517. The lowest BCUT2D eigenvalue weighted by Crippen LogP contribution is -2.68. The number of aliphatic hydroxyl groups excluding tert-OH is 6. The molecule has 3 amide bonds. The van der Waals surface area contributed by atoms with E-state index in [0.29, 0.717) is 36.6 Å². The number of rotatable bonds is 21. The third-order valence-corrected chi connectivity index (χ3v) is 13.9. The minimum absolute atomic E-state index is 0.0283. The fourth-order valence-corrected chi connectivity index (χ4v) is 9.72. The fourth-order valence-electron chi connectivity index (χ4n) is 8.10. The highest BCUT2D eigenvalue weighted by molar-refractivity contribution is 7.14. The minimum atomic E-state index is -1.72. The van der Waals surface area contributed by atoms with Gasteiger partial charge in [0.05, 0.1) is 23.2 Å². The molecule has 0 bridgehead atoms. The summed E-state index contributed by atoms with van der Waals surface area (Å²) in [7, 11) is 0. The zero-order chi connectivity index (χ0) is 49.4. The largest absolute Gasteiger partial charge is 0.389 e. The summed E-state index contributed by atoms with van der Waals surface area (Å²) in [6.07, 6.45) is -20.5. The number of hydrogen-bond acceptors (Lipinski definition) is 26. The van der Waals surface area contributed by atoms with E-state index in [1.807, 2.05) is 5.38 Å². The Hall–Kier alpha value is -3.09. The number of hydrogen-bond donors (Lipinski definition) is 16. The highest BCUT2D eigenvalue weighted by atomic mass is 32.1. The highest BCUT2D eigenvalue weighted by Gasteiger charge is 2.54. The number of aromatic nitrogens is 2. The van der Waals surface area contributed by atoms with E-state index in [4.69, 9.17) is 68.6 Å². The van der Waals surface area contributed by atoms with E-state index in [1.54, 1.807) is 5.38 Å². The van der Waals surface area contributed by atoms with Crippen LogP contribution in [0.1, 0.15) is 41.2 Å². The van der Waals surface area contributed by atoms with Gasteiger partial charge in [0.15, 0.2) is 18.9 Å². The van der Waals surface area contributed by atoms with Gasteiger partial charge in [0.2, 0.25) is 11.8 Å². The van der Waals surface area contributed by atoms with Gasteiger partial charge in [-0.15, -0.1) is 22.7 Å². The number of carbonyl (C=O) groups is 3. The van der Waals surface area contributed by atoms with Crippen molar-refractivity contribution in [3.05, 3.63) is 21.5 Å². The molecule has 6 rings (SSSR count). The number of nitrogens with zero attached hydrogens (tertiary/aromatic N) is 2. The van der Waals surface area contributed by atoms with Crippen LogP contribution in [0.25, 0.3) is 10.7 Å². The molecule has 1 saturated carbocycles. The van der Waals surface area contributed by atoms with Crippen LogP contribution in [0.3, 0.4) is 0 Å². The third kappa shape index (κ3) is 13.1. The average molecular weight is 1010 g/mol. The van der Waals surface area contributed by atoms with Gasteiger partial charge in [-0.05, 0) is 19.4 Å². The van der Waals surface area contributed by atoms with Gasteiger partial charge in [-0.25, -0.2) is 9.97 Å². The molecule has 0 aromatic carbocycles. The number of nitrogens with two attached hydrogens (primary N) is 7. The second kappa shape index (κ2) is 24.8. The molecule has 68 heavy (non-hydrogen) atoms. The van der Waals surface area contributed by atoms with E-state index in [9.17, 15) is 45.0 Å². The Balaban J connectivity index is 1.05. The normalized spacial score (nSPS) is 37.5. The lowest BCUT2D eigenvalue weighted by atomic mass is 9.84. The Labute approximate surface area is 398 Å². The van der Waals surface area contributed by atoms with Crippen molar-refractivity contribution in [1.29, 1.82) is 0 Å². The summed E-state index contributed by atoms with van der Waals surface area (Å²) in [5.41, 5.74) is 42.9. The number of ether oxygens (including phenoxy) is 6. The van der Waals surface area contributed by atoms with Crippen molar-refractivity contribution in [3.8, 4) is 10.7 Å². The molecule has 23 N–H and O–H groups in total. The Morgan fingerprint density at radius 3 is 1.85 bits per heavy atom. The summed E-state index contributed by atoms with van der Waals surface area (Å²) in [6.45, 7) is 0.369. The zero-order valence-electron chi connectivity index (χ0n) is 37.0. The summed E-state index contributed by atoms with van der Waals surface area (Å²) in [4.78, 5) is 47.1. The standard InChI is InChI=1S/C39H66N12O15S2/c40-5-1-6-48-35(60)16-12-68-36(51-16)17-13-67-23(50-17)4-7-47-21(52)2-3-22(53)49-11-20-33(65-38-25(46)30(58)28(56)19(10-42)62-38)31(59)39(63-20)66-34-26(54)14(43)8-15(44)32(34)64-37-24(45)29(57)27(55)18(9-41)61-37/h12-15,18-20,24-34,37-39,54-59H,1-11,40-46H2,(H,47,52)(H,48,60)(H,49,53). The van der Waals surface area contributed by atoms with Gasteiger partial charge < -0.3 is 115 Å². The van der Waals surface area contributed by atoms with Crippen molar-refractivity contribution in [1.82, 2.24) is 25.9 Å². The van der Waals surface area contributed by atoms with Gasteiger partial charge in [0.1, 0.15) is 83.5 Å². The molecule has 2 aromatic rings. The van der Waals surface area contributed by atoms with Crippen molar-refractivity contribution < 1.29 is 73.4 Å². The van der Waals surface area contributed by atoms with Crippen LogP contribution in [0.2, 0.25) is 0 Å². The summed E-state index contributed by atoms with van der Waals surface area (Å²) in [5.74, 6) is -1.28. The smallest absolute Gasteiger partial charge is 0.270 e. The predicted molar refractivity (Wildman–Crippen MR) is 239 cm³/mol. The molecule has 27 nitrogen and oxygen atoms in total. The first kappa shape index (κ1) is 54.2. The van der Waals surface area contributed by atoms with E-state index in [0.717, 1.165) is 5.01 Å².